The van der Waals surface area contributed by atoms with Gasteiger partial charge in [0.2, 0.25) is 0 Å². The maximum atomic E-state index is 5.02. The average Bonchev–Trinajstić information content (AvgIpc) is 2.77. The van der Waals surface area contributed by atoms with Crippen LogP contribution in [0.4, 0.5) is 0 Å². The molecule has 0 saturated heterocycles. The summed E-state index contributed by atoms with van der Waals surface area (Å²) < 4.78 is 0. The lowest BCUT2D eigenvalue weighted by Gasteiger charge is -2.08. The van der Waals surface area contributed by atoms with Crippen LogP contribution in [0.15, 0.2) is 97.1 Å². The summed E-state index contributed by atoms with van der Waals surface area (Å²) in [6.45, 7) is 0. The number of rotatable bonds is 1. The molecule has 6 rings (SSSR count). The summed E-state index contributed by atoms with van der Waals surface area (Å²) in [5.74, 6) is 0. The van der Waals surface area contributed by atoms with Crippen molar-refractivity contribution in [2.45, 2.75) is 0 Å². The quantitative estimate of drug-likeness (QED) is 0.240. The van der Waals surface area contributed by atoms with E-state index in [1.54, 1.807) is 0 Å². The first-order chi connectivity index (χ1) is 13.8. The summed E-state index contributed by atoms with van der Waals surface area (Å²) in [5, 5.41) is 5.85. The van der Waals surface area contributed by atoms with Gasteiger partial charge in [-0.2, -0.15) is 0 Å². The lowest BCUT2D eigenvalue weighted by molar-refractivity contribution is 1.40. The van der Waals surface area contributed by atoms with Crippen molar-refractivity contribution in [2.75, 3.05) is 0 Å². The summed E-state index contributed by atoms with van der Waals surface area (Å²) >= 11 is 0. The Morgan fingerprint density at radius 3 is 2.04 bits per heavy atom. The molecule has 0 spiro atoms. The molecule has 2 aromatic heterocycles. The molecule has 0 aliphatic heterocycles. The summed E-state index contributed by atoms with van der Waals surface area (Å²) in [6, 6.07) is 33.9. The molecule has 28 heavy (non-hydrogen) atoms. The molecule has 0 unspecified atom stereocenters. The first-order valence-corrected chi connectivity index (χ1v) is 9.44. The van der Waals surface area contributed by atoms with E-state index in [1.807, 2.05) is 12.1 Å². The van der Waals surface area contributed by atoms with Gasteiger partial charge in [-0.15, -0.1) is 0 Å². The summed E-state index contributed by atoms with van der Waals surface area (Å²) in [5.41, 5.74) is 5.01. The van der Waals surface area contributed by atoms with Gasteiger partial charge in [0, 0.05) is 21.7 Å². The molecular weight excluding hydrogens is 340 g/mol. The topological polar surface area (TPSA) is 25.8 Å². The van der Waals surface area contributed by atoms with Crippen LogP contribution in [-0.4, -0.2) is 9.97 Å². The number of nitrogens with zero attached hydrogens (tertiary/aromatic N) is 2. The van der Waals surface area contributed by atoms with Gasteiger partial charge in [0.05, 0.1) is 22.2 Å². The van der Waals surface area contributed by atoms with Crippen LogP contribution in [-0.2, 0) is 0 Å². The van der Waals surface area contributed by atoms with Crippen molar-refractivity contribution >= 4 is 43.5 Å². The third-order valence-electron chi connectivity index (χ3n) is 5.39. The fourth-order valence-corrected chi connectivity index (χ4v) is 3.93. The van der Waals surface area contributed by atoms with E-state index in [0.29, 0.717) is 0 Å². The zero-order chi connectivity index (χ0) is 18.5. The molecule has 0 amide bonds. The zero-order valence-corrected chi connectivity index (χ0v) is 15.1. The molecule has 0 aliphatic rings. The lowest BCUT2D eigenvalue weighted by atomic mass is 10.0. The fraction of sp³-hybridized carbons (Fsp3) is 0. The van der Waals surface area contributed by atoms with Gasteiger partial charge in [0.1, 0.15) is 0 Å². The van der Waals surface area contributed by atoms with Crippen molar-refractivity contribution in [3.63, 3.8) is 0 Å². The normalized spacial score (nSPS) is 11.6. The van der Waals surface area contributed by atoms with Crippen molar-refractivity contribution in [1.29, 1.82) is 0 Å². The van der Waals surface area contributed by atoms with Gasteiger partial charge in [-0.3, -0.25) is 0 Å². The smallest absolute Gasteiger partial charge is 0.0972 e. The van der Waals surface area contributed by atoms with Crippen LogP contribution in [0.5, 0.6) is 0 Å². The summed E-state index contributed by atoms with van der Waals surface area (Å²) in [7, 11) is 0. The predicted octanol–water partition coefficient (Wildman–Crippen LogP) is 6.76. The number of hydrogen-bond acceptors (Lipinski definition) is 2. The van der Waals surface area contributed by atoms with E-state index in [9.17, 15) is 0 Å². The molecule has 2 nitrogen and oxygen atoms in total. The third-order valence-corrected chi connectivity index (χ3v) is 5.39. The molecule has 0 fully saturated rings. The molecule has 0 N–H and O–H groups in total. The molecule has 0 bridgehead atoms. The molecule has 0 atom stereocenters. The Kier molecular flexibility index (Phi) is 3.20. The second kappa shape index (κ2) is 5.86. The van der Waals surface area contributed by atoms with Gasteiger partial charge in [-0.25, -0.2) is 9.97 Å². The standard InChI is InChI=1S/C26H16N2/c1-2-6-19-15-21(11-9-17(19)5-1)24-14-13-18-10-12-22-16-20-7-3-4-8-23(20)27-26(22)25(18)28-24/h1-16H. The number of pyridine rings is 2. The molecule has 2 heteroatoms. The van der Waals surface area contributed by atoms with Crippen LogP contribution in [0.1, 0.15) is 0 Å². The van der Waals surface area contributed by atoms with Gasteiger partial charge in [0.15, 0.2) is 0 Å². The van der Waals surface area contributed by atoms with E-state index in [-0.39, 0.29) is 0 Å². The van der Waals surface area contributed by atoms with Crippen LogP contribution in [0.2, 0.25) is 0 Å². The van der Waals surface area contributed by atoms with E-state index < -0.39 is 0 Å². The van der Waals surface area contributed by atoms with Gasteiger partial charge < -0.3 is 0 Å². The van der Waals surface area contributed by atoms with E-state index in [0.717, 1.165) is 44.0 Å². The molecule has 4 aromatic carbocycles. The largest absolute Gasteiger partial charge is 0.245 e. The highest BCUT2D eigenvalue weighted by molar-refractivity contribution is 6.07. The number of para-hydroxylation sites is 1. The van der Waals surface area contributed by atoms with Crippen LogP contribution in [0.3, 0.4) is 0 Å². The molecule has 6 aromatic rings. The fourth-order valence-electron chi connectivity index (χ4n) is 3.93. The monoisotopic (exact) mass is 356 g/mol. The predicted molar refractivity (Wildman–Crippen MR) is 117 cm³/mol. The van der Waals surface area contributed by atoms with E-state index in [2.05, 4.69) is 84.9 Å². The number of hydrogen-bond donors (Lipinski definition) is 0. The van der Waals surface area contributed by atoms with Crippen LogP contribution >= 0.6 is 0 Å². The van der Waals surface area contributed by atoms with Crippen molar-refractivity contribution in [2.24, 2.45) is 0 Å². The molecular formula is C26H16N2. The highest BCUT2D eigenvalue weighted by Crippen LogP contribution is 2.29. The third kappa shape index (κ3) is 2.35. The Bertz CT molecular complexity index is 1520. The molecule has 0 saturated carbocycles. The minimum absolute atomic E-state index is 0.953. The van der Waals surface area contributed by atoms with E-state index >= 15 is 0 Å². The Hall–Kier alpha value is -3.78. The van der Waals surface area contributed by atoms with Crippen LogP contribution in [0, 0.1) is 0 Å². The second-order valence-corrected chi connectivity index (χ2v) is 7.15. The Morgan fingerprint density at radius 2 is 1.11 bits per heavy atom. The van der Waals surface area contributed by atoms with Crippen molar-refractivity contribution in [3.05, 3.63) is 97.1 Å². The Labute approximate surface area is 162 Å². The Balaban J connectivity index is 1.63. The highest BCUT2D eigenvalue weighted by atomic mass is 14.8. The van der Waals surface area contributed by atoms with Gasteiger partial charge in [-0.05, 0) is 35.0 Å². The SMILES string of the molecule is c1ccc2cc(-c3ccc4ccc5cc6ccccc6nc5c4n3)ccc2c1. The molecule has 0 aliphatic carbocycles. The second-order valence-electron chi connectivity index (χ2n) is 7.15. The highest BCUT2D eigenvalue weighted by Gasteiger charge is 2.08. The van der Waals surface area contributed by atoms with Crippen LogP contribution < -0.4 is 0 Å². The summed E-state index contributed by atoms with van der Waals surface area (Å²) in [4.78, 5) is 9.95. The van der Waals surface area contributed by atoms with Gasteiger partial charge >= 0.3 is 0 Å². The zero-order valence-electron chi connectivity index (χ0n) is 15.1. The van der Waals surface area contributed by atoms with Crippen molar-refractivity contribution < 1.29 is 0 Å². The molecule has 2 heterocycles. The van der Waals surface area contributed by atoms with Crippen LogP contribution in [0.25, 0.3) is 54.7 Å². The minimum atomic E-state index is 0.953. The maximum absolute atomic E-state index is 5.02. The number of aromatic nitrogens is 2. The first kappa shape index (κ1) is 15.3. The average molecular weight is 356 g/mol. The molecule has 0 radical (unpaired) electrons. The van der Waals surface area contributed by atoms with Gasteiger partial charge in [0.25, 0.3) is 0 Å². The lowest BCUT2D eigenvalue weighted by Crippen LogP contribution is -1.90. The van der Waals surface area contributed by atoms with Gasteiger partial charge in [-0.1, -0.05) is 72.8 Å². The Morgan fingerprint density at radius 1 is 0.429 bits per heavy atom. The number of fused-ring (bicyclic) bond motifs is 5. The minimum Gasteiger partial charge on any atom is -0.245 e. The maximum Gasteiger partial charge on any atom is 0.0972 e. The van der Waals surface area contributed by atoms with Crippen molar-refractivity contribution in [1.82, 2.24) is 9.97 Å². The van der Waals surface area contributed by atoms with E-state index in [1.165, 1.54) is 10.8 Å². The first-order valence-electron chi connectivity index (χ1n) is 9.44. The summed E-state index contributed by atoms with van der Waals surface area (Å²) in [6.07, 6.45) is 0. The van der Waals surface area contributed by atoms with E-state index in [4.69, 9.17) is 9.97 Å². The van der Waals surface area contributed by atoms with Crippen molar-refractivity contribution in [3.8, 4) is 11.3 Å². The number of benzene rings is 4. The molecule has 130 valence electrons.